The molecule has 1 unspecified atom stereocenters. The number of rotatable bonds is 3. The summed E-state index contributed by atoms with van der Waals surface area (Å²) in [6.45, 7) is 3.22. The lowest BCUT2D eigenvalue weighted by molar-refractivity contribution is -0.122. The van der Waals surface area contributed by atoms with Crippen LogP contribution in [0.3, 0.4) is 0 Å². The minimum absolute atomic E-state index is 0.0838. The van der Waals surface area contributed by atoms with Crippen LogP contribution in [-0.2, 0) is 16.0 Å². The van der Waals surface area contributed by atoms with Crippen LogP contribution in [0.25, 0.3) is 0 Å². The van der Waals surface area contributed by atoms with E-state index >= 15 is 0 Å². The number of carbonyl (C=O) groups is 1. The molecule has 1 aromatic carbocycles. The zero-order valence-corrected chi connectivity index (χ0v) is 9.90. The van der Waals surface area contributed by atoms with Crippen molar-refractivity contribution in [2.45, 2.75) is 25.3 Å². The van der Waals surface area contributed by atoms with Gasteiger partial charge in [-0.25, -0.2) is 0 Å². The lowest BCUT2D eigenvalue weighted by atomic mass is 10.0. The Bertz CT molecular complexity index is 411. The predicted molar refractivity (Wildman–Crippen MR) is 63.8 cm³/mol. The highest BCUT2D eigenvalue weighted by Gasteiger charge is 2.31. The van der Waals surface area contributed by atoms with Crippen LogP contribution in [0.2, 0.25) is 0 Å². The topological polar surface area (TPSA) is 58.6 Å². The standard InChI is InChI=1S/C13H17NO3/c1-13(6-7-17-9-13)14-12(16)8-10-4-2-3-5-11(10)15/h2-5,15H,6-9H2,1H3,(H,14,16). The molecule has 2 N–H and O–H groups in total. The zero-order chi connectivity index (χ0) is 12.3. The summed E-state index contributed by atoms with van der Waals surface area (Å²) in [5.41, 5.74) is 0.383. The monoisotopic (exact) mass is 235 g/mol. The van der Waals surface area contributed by atoms with E-state index in [4.69, 9.17) is 4.74 Å². The zero-order valence-electron chi connectivity index (χ0n) is 9.90. The molecule has 4 nitrogen and oxygen atoms in total. The van der Waals surface area contributed by atoms with Crippen molar-refractivity contribution in [3.8, 4) is 5.75 Å². The van der Waals surface area contributed by atoms with Gasteiger partial charge in [-0.05, 0) is 19.4 Å². The summed E-state index contributed by atoms with van der Waals surface area (Å²) in [7, 11) is 0. The average Bonchev–Trinajstić information content (AvgIpc) is 2.68. The van der Waals surface area contributed by atoms with Crippen molar-refractivity contribution in [1.82, 2.24) is 5.32 Å². The molecule has 0 aliphatic carbocycles. The van der Waals surface area contributed by atoms with Gasteiger partial charge in [0.05, 0.1) is 18.6 Å². The number of para-hydroxylation sites is 1. The fourth-order valence-electron chi connectivity index (χ4n) is 1.98. The van der Waals surface area contributed by atoms with Gasteiger partial charge >= 0.3 is 0 Å². The number of hydrogen-bond donors (Lipinski definition) is 2. The third kappa shape index (κ3) is 2.97. The van der Waals surface area contributed by atoms with Crippen LogP contribution >= 0.6 is 0 Å². The van der Waals surface area contributed by atoms with E-state index in [1.54, 1.807) is 18.2 Å². The van der Waals surface area contributed by atoms with Crippen LogP contribution < -0.4 is 5.32 Å². The van der Waals surface area contributed by atoms with Crippen molar-refractivity contribution >= 4 is 5.91 Å². The van der Waals surface area contributed by atoms with Crippen LogP contribution in [-0.4, -0.2) is 29.8 Å². The second-order valence-electron chi connectivity index (χ2n) is 4.72. The van der Waals surface area contributed by atoms with E-state index in [1.165, 1.54) is 0 Å². The maximum absolute atomic E-state index is 11.8. The first kappa shape index (κ1) is 11.9. The smallest absolute Gasteiger partial charge is 0.225 e. The molecule has 92 valence electrons. The molecule has 1 atom stereocenters. The number of benzene rings is 1. The molecular formula is C13H17NO3. The quantitative estimate of drug-likeness (QED) is 0.828. The minimum Gasteiger partial charge on any atom is -0.508 e. The van der Waals surface area contributed by atoms with E-state index < -0.39 is 0 Å². The van der Waals surface area contributed by atoms with E-state index in [0.717, 1.165) is 6.42 Å². The third-order valence-corrected chi connectivity index (χ3v) is 3.00. The van der Waals surface area contributed by atoms with E-state index in [0.29, 0.717) is 18.8 Å². The third-order valence-electron chi connectivity index (χ3n) is 3.00. The van der Waals surface area contributed by atoms with Gasteiger partial charge in [0.1, 0.15) is 5.75 Å². The SMILES string of the molecule is CC1(NC(=O)Cc2ccccc2O)CCOC1. The Hall–Kier alpha value is -1.55. The number of amides is 1. The van der Waals surface area contributed by atoms with Gasteiger partial charge in [-0.15, -0.1) is 0 Å². The first-order valence-electron chi connectivity index (χ1n) is 5.75. The summed E-state index contributed by atoms with van der Waals surface area (Å²) in [6, 6.07) is 6.89. The number of hydrogen-bond acceptors (Lipinski definition) is 3. The summed E-state index contributed by atoms with van der Waals surface area (Å²) in [4.78, 5) is 11.8. The first-order valence-corrected chi connectivity index (χ1v) is 5.75. The van der Waals surface area contributed by atoms with E-state index in [-0.39, 0.29) is 23.6 Å². The number of phenolic OH excluding ortho intramolecular Hbond substituents is 1. The molecule has 4 heteroatoms. The van der Waals surface area contributed by atoms with Crippen molar-refractivity contribution in [3.05, 3.63) is 29.8 Å². The maximum atomic E-state index is 11.8. The Kier molecular flexibility index (Phi) is 3.33. The number of carbonyl (C=O) groups excluding carboxylic acids is 1. The van der Waals surface area contributed by atoms with Gasteiger partial charge in [0.25, 0.3) is 0 Å². The Morgan fingerprint density at radius 3 is 2.94 bits per heavy atom. The van der Waals surface area contributed by atoms with Gasteiger partial charge in [0.15, 0.2) is 0 Å². The molecule has 0 bridgehead atoms. The fraction of sp³-hybridized carbons (Fsp3) is 0.462. The molecular weight excluding hydrogens is 218 g/mol. The molecule has 0 saturated carbocycles. The van der Waals surface area contributed by atoms with Gasteiger partial charge in [-0.3, -0.25) is 4.79 Å². The molecule has 1 amide bonds. The largest absolute Gasteiger partial charge is 0.508 e. The summed E-state index contributed by atoms with van der Waals surface area (Å²) < 4.78 is 5.27. The molecule has 1 aliphatic rings. The summed E-state index contributed by atoms with van der Waals surface area (Å²) in [6.07, 6.45) is 1.03. The van der Waals surface area contributed by atoms with Crippen LogP contribution in [0.4, 0.5) is 0 Å². The van der Waals surface area contributed by atoms with Gasteiger partial charge in [0.2, 0.25) is 5.91 Å². The van der Waals surface area contributed by atoms with E-state index in [2.05, 4.69) is 5.32 Å². The second-order valence-corrected chi connectivity index (χ2v) is 4.72. The Labute approximate surface area is 101 Å². The van der Waals surface area contributed by atoms with Gasteiger partial charge < -0.3 is 15.2 Å². The first-order chi connectivity index (χ1) is 8.09. The molecule has 1 fully saturated rings. The Balaban J connectivity index is 1.96. The van der Waals surface area contributed by atoms with Crippen LogP contribution in [0.15, 0.2) is 24.3 Å². The maximum Gasteiger partial charge on any atom is 0.225 e. The highest BCUT2D eigenvalue weighted by atomic mass is 16.5. The van der Waals surface area contributed by atoms with Crippen molar-refractivity contribution in [1.29, 1.82) is 0 Å². The van der Waals surface area contributed by atoms with E-state index in [1.807, 2.05) is 13.0 Å². The molecule has 1 heterocycles. The summed E-state index contributed by atoms with van der Waals surface area (Å²) in [5.74, 6) is 0.0787. The van der Waals surface area contributed by atoms with Gasteiger partial charge in [-0.1, -0.05) is 18.2 Å². The van der Waals surface area contributed by atoms with Gasteiger partial charge in [-0.2, -0.15) is 0 Å². The molecule has 2 rings (SSSR count). The van der Waals surface area contributed by atoms with Gasteiger partial charge in [0, 0.05) is 12.2 Å². The van der Waals surface area contributed by atoms with Crippen LogP contribution in [0.5, 0.6) is 5.75 Å². The average molecular weight is 235 g/mol. The van der Waals surface area contributed by atoms with Crippen molar-refractivity contribution < 1.29 is 14.6 Å². The normalized spacial score (nSPS) is 23.6. The Morgan fingerprint density at radius 1 is 1.53 bits per heavy atom. The molecule has 17 heavy (non-hydrogen) atoms. The summed E-state index contributed by atoms with van der Waals surface area (Å²) in [5, 5.41) is 12.5. The van der Waals surface area contributed by atoms with Crippen molar-refractivity contribution in [3.63, 3.8) is 0 Å². The molecule has 1 aliphatic heterocycles. The molecule has 0 radical (unpaired) electrons. The lowest BCUT2D eigenvalue weighted by Crippen LogP contribution is -2.47. The fourth-order valence-corrected chi connectivity index (χ4v) is 1.98. The highest BCUT2D eigenvalue weighted by Crippen LogP contribution is 2.19. The number of phenols is 1. The van der Waals surface area contributed by atoms with Crippen molar-refractivity contribution in [2.75, 3.05) is 13.2 Å². The van der Waals surface area contributed by atoms with Crippen molar-refractivity contribution in [2.24, 2.45) is 0 Å². The van der Waals surface area contributed by atoms with Crippen LogP contribution in [0, 0.1) is 0 Å². The Morgan fingerprint density at radius 2 is 2.29 bits per heavy atom. The number of aromatic hydroxyl groups is 1. The second kappa shape index (κ2) is 4.75. The molecule has 1 saturated heterocycles. The lowest BCUT2D eigenvalue weighted by Gasteiger charge is -2.23. The number of nitrogens with one attached hydrogen (secondary N) is 1. The van der Waals surface area contributed by atoms with E-state index in [9.17, 15) is 9.90 Å². The summed E-state index contributed by atoms with van der Waals surface area (Å²) >= 11 is 0. The molecule has 0 spiro atoms. The van der Waals surface area contributed by atoms with Crippen LogP contribution in [0.1, 0.15) is 18.9 Å². The molecule has 0 aromatic heterocycles. The minimum atomic E-state index is -0.262. The molecule has 1 aromatic rings. The number of ether oxygens (including phenoxy) is 1. The predicted octanol–water partition coefficient (Wildman–Crippen LogP) is 1.23. The highest BCUT2D eigenvalue weighted by molar-refractivity contribution is 5.80.